The average Bonchev–Trinajstić information content (AvgIpc) is 2.55. The highest BCUT2D eigenvalue weighted by Gasteiger charge is 2.11. The second-order valence-corrected chi connectivity index (χ2v) is 4.71. The molecule has 0 aliphatic carbocycles. The molecule has 0 amide bonds. The number of halogens is 1. The molecular formula is C16H15FN4. The van der Waals surface area contributed by atoms with Gasteiger partial charge in [-0.25, -0.2) is 20.2 Å². The highest BCUT2D eigenvalue weighted by Crippen LogP contribution is 2.29. The first-order valence-electron chi connectivity index (χ1n) is 6.75. The van der Waals surface area contributed by atoms with Crippen LogP contribution in [0.5, 0.6) is 0 Å². The van der Waals surface area contributed by atoms with Crippen molar-refractivity contribution < 1.29 is 4.39 Å². The quantitative estimate of drug-likeness (QED) is 0.571. The Hall–Kier alpha value is -2.53. The number of aryl methyl sites for hydroxylation is 1. The van der Waals surface area contributed by atoms with Gasteiger partial charge in [-0.2, -0.15) is 0 Å². The normalized spacial score (nSPS) is 10.8. The molecule has 106 valence electrons. The number of nitrogen functional groups attached to an aromatic ring is 1. The van der Waals surface area contributed by atoms with Gasteiger partial charge in [-0.05, 0) is 23.9 Å². The van der Waals surface area contributed by atoms with E-state index in [1.165, 1.54) is 6.07 Å². The molecule has 0 fully saturated rings. The molecule has 0 atom stereocenters. The summed E-state index contributed by atoms with van der Waals surface area (Å²) in [7, 11) is 0. The first kappa shape index (κ1) is 13.5. The molecule has 0 aliphatic rings. The van der Waals surface area contributed by atoms with Gasteiger partial charge in [0.25, 0.3) is 0 Å². The number of aromatic nitrogens is 2. The molecule has 1 heterocycles. The van der Waals surface area contributed by atoms with Crippen molar-refractivity contribution in [2.45, 2.75) is 13.3 Å². The molecule has 0 saturated heterocycles. The van der Waals surface area contributed by atoms with Crippen molar-refractivity contribution in [3.63, 3.8) is 0 Å². The summed E-state index contributed by atoms with van der Waals surface area (Å²) in [4.78, 5) is 8.90. The van der Waals surface area contributed by atoms with Gasteiger partial charge in [-0.3, -0.25) is 0 Å². The van der Waals surface area contributed by atoms with E-state index in [1.807, 2.05) is 25.1 Å². The van der Waals surface area contributed by atoms with Crippen molar-refractivity contribution in [2.24, 2.45) is 5.84 Å². The Morgan fingerprint density at radius 3 is 2.57 bits per heavy atom. The number of fused-ring (bicyclic) bond motifs is 1. The number of rotatable bonds is 3. The van der Waals surface area contributed by atoms with Crippen molar-refractivity contribution >= 4 is 16.6 Å². The van der Waals surface area contributed by atoms with Crippen LogP contribution in [0.4, 0.5) is 10.2 Å². The Bertz CT molecular complexity index is 779. The van der Waals surface area contributed by atoms with Crippen LogP contribution in [-0.4, -0.2) is 9.97 Å². The molecule has 3 aromatic rings. The number of benzene rings is 2. The van der Waals surface area contributed by atoms with Gasteiger partial charge in [0.05, 0.1) is 0 Å². The molecule has 3 N–H and O–H groups in total. The lowest BCUT2D eigenvalue weighted by Gasteiger charge is -2.09. The summed E-state index contributed by atoms with van der Waals surface area (Å²) in [5, 5.41) is 1.34. The van der Waals surface area contributed by atoms with Gasteiger partial charge in [-0.15, -0.1) is 0 Å². The molecule has 2 aromatic carbocycles. The van der Waals surface area contributed by atoms with Crippen molar-refractivity contribution in [3.05, 3.63) is 54.0 Å². The van der Waals surface area contributed by atoms with E-state index in [0.717, 1.165) is 23.1 Å². The van der Waals surface area contributed by atoms with Crippen LogP contribution in [-0.2, 0) is 6.42 Å². The number of nitrogens with one attached hydrogen (secondary N) is 1. The number of anilines is 1. The molecule has 0 unspecified atom stereocenters. The maximum absolute atomic E-state index is 13.9. The van der Waals surface area contributed by atoms with Crippen LogP contribution in [0.2, 0.25) is 0 Å². The van der Waals surface area contributed by atoms with Gasteiger partial charge in [-0.1, -0.05) is 31.2 Å². The zero-order valence-electron chi connectivity index (χ0n) is 11.6. The van der Waals surface area contributed by atoms with Crippen LogP contribution in [0.25, 0.3) is 22.2 Å². The summed E-state index contributed by atoms with van der Waals surface area (Å²) in [6.45, 7) is 2.01. The van der Waals surface area contributed by atoms with Crippen LogP contribution >= 0.6 is 0 Å². The minimum atomic E-state index is -0.252. The second kappa shape index (κ2) is 5.46. The van der Waals surface area contributed by atoms with E-state index in [0.29, 0.717) is 17.0 Å². The van der Waals surface area contributed by atoms with Gasteiger partial charge in [0.1, 0.15) is 11.6 Å². The van der Waals surface area contributed by atoms with E-state index in [9.17, 15) is 4.39 Å². The van der Waals surface area contributed by atoms with Gasteiger partial charge in [0.2, 0.25) is 0 Å². The summed E-state index contributed by atoms with van der Waals surface area (Å²) in [6, 6.07) is 12.2. The minimum absolute atomic E-state index is 0.252. The van der Waals surface area contributed by atoms with E-state index in [-0.39, 0.29) is 5.82 Å². The second-order valence-electron chi connectivity index (χ2n) is 4.71. The number of nitrogens with two attached hydrogens (primary N) is 1. The van der Waals surface area contributed by atoms with E-state index < -0.39 is 0 Å². The molecule has 5 heteroatoms. The standard InChI is InChI=1S/C16H15FN4/c1-2-10-9-15(21-18)20-16(19-10)13-7-8-14(17)12-6-4-3-5-11(12)13/h3-9H,2,18H2,1H3,(H,19,20,21). The highest BCUT2D eigenvalue weighted by atomic mass is 19.1. The zero-order valence-corrected chi connectivity index (χ0v) is 11.6. The monoisotopic (exact) mass is 282 g/mol. The summed E-state index contributed by atoms with van der Waals surface area (Å²) in [5.41, 5.74) is 4.21. The maximum Gasteiger partial charge on any atom is 0.162 e. The lowest BCUT2D eigenvalue weighted by atomic mass is 10.0. The Morgan fingerprint density at radius 1 is 1.10 bits per heavy atom. The Kier molecular flexibility index (Phi) is 3.50. The van der Waals surface area contributed by atoms with Gasteiger partial charge in [0, 0.05) is 22.7 Å². The van der Waals surface area contributed by atoms with Crippen LogP contribution in [0, 0.1) is 5.82 Å². The van der Waals surface area contributed by atoms with E-state index in [1.54, 1.807) is 18.2 Å². The molecular weight excluding hydrogens is 267 g/mol. The SMILES string of the molecule is CCc1cc(NN)nc(-c2ccc(F)c3ccccc23)n1. The molecule has 3 rings (SSSR count). The molecule has 0 aliphatic heterocycles. The van der Waals surface area contributed by atoms with E-state index in [4.69, 9.17) is 5.84 Å². The molecule has 1 aromatic heterocycles. The Labute approximate surface area is 121 Å². The van der Waals surface area contributed by atoms with E-state index in [2.05, 4.69) is 15.4 Å². The Morgan fingerprint density at radius 2 is 1.86 bits per heavy atom. The first-order valence-corrected chi connectivity index (χ1v) is 6.75. The molecule has 4 nitrogen and oxygen atoms in total. The third-order valence-electron chi connectivity index (χ3n) is 3.40. The lowest BCUT2D eigenvalue weighted by Crippen LogP contribution is -2.10. The van der Waals surface area contributed by atoms with Crippen molar-refractivity contribution in [1.29, 1.82) is 0 Å². The maximum atomic E-state index is 13.9. The van der Waals surface area contributed by atoms with Crippen molar-refractivity contribution in [3.8, 4) is 11.4 Å². The largest absolute Gasteiger partial charge is 0.308 e. The van der Waals surface area contributed by atoms with Gasteiger partial charge < -0.3 is 5.43 Å². The van der Waals surface area contributed by atoms with Crippen LogP contribution in [0.15, 0.2) is 42.5 Å². The first-order chi connectivity index (χ1) is 10.2. The molecule has 0 spiro atoms. The number of hydrogen-bond donors (Lipinski definition) is 2. The van der Waals surface area contributed by atoms with Crippen LogP contribution in [0.1, 0.15) is 12.6 Å². The molecule has 0 saturated carbocycles. The summed E-state index contributed by atoms with van der Waals surface area (Å²) < 4.78 is 13.9. The number of nitrogens with zero attached hydrogens (tertiary/aromatic N) is 2. The fraction of sp³-hybridized carbons (Fsp3) is 0.125. The lowest BCUT2D eigenvalue weighted by molar-refractivity contribution is 0.640. The highest BCUT2D eigenvalue weighted by molar-refractivity contribution is 5.95. The van der Waals surface area contributed by atoms with Crippen LogP contribution < -0.4 is 11.3 Å². The number of hydrogen-bond acceptors (Lipinski definition) is 4. The molecule has 0 radical (unpaired) electrons. The fourth-order valence-electron chi connectivity index (χ4n) is 2.33. The fourth-order valence-corrected chi connectivity index (χ4v) is 2.33. The third kappa shape index (κ3) is 2.43. The van der Waals surface area contributed by atoms with E-state index >= 15 is 0 Å². The van der Waals surface area contributed by atoms with Gasteiger partial charge in [0.15, 0.2) is 5.82 Å². The van der Waals surface area contributed by atoms with Crippen LogP contribution in [0.3, 0.4) is 0 Å². The minimum Gasteiger partial charge on any atom is -0.308 e. The molecule has 0 bridgehead atoms. The molecule has 21 heavy (non-hydrogen) atoms. The predicted octanol–water partition coefficient (Wildman–Crippen LogP) is 3.28. The van der Waals surface area contributed by atoms with Crippen molar-refractivity contribution in [1.82, 2.24) is 9.97 Å². The van der Waals surface area contributed by atoms with Crippen molar-refractivity contribution in [2.75, 3.05) is 5.43 Å². The summed E-state index contributed by atoms with van der Waals surface area (Å²) in [5.74, 6) is 6.29. The zero-order chi connectivity index (χ0) is 14.8. The van der Waals surface area contributed by atoms with Gasteiger partial charge >= 0.3 is 0 Å². The smallest absolute Gasteiger partial charge is 0.162 e. The topological polar surface area (TPSA) is 63.8 Å². The summed E-state index contributed by atoms with van der Waals surface area (Å²) >= 11 is 0. The Balaban J connectivity index is 2.28. The third-order valence-corrected chi connectivity index (χ3v) is 3.40. The summed E-state index contributed by atoms with van der Waals surface area (Å²) in [6.07, 6.45) is 0.767. The number of hydrazine groups is 1. The average molecular weight is 282 g/mol. The predicted molar refractivity (Wildman–Crippen MR) is 82.1 cm³/mol.